The molecule has 6 heteroatoms. The number of ether oxygens (including phenoxy) is 2. The topological polar surface area (TPSA) is 76.7 Å². The molecule has 0 aliphatic rings. The van der Waals surface area contributed by atoms with Gasteiger partial charge in [-0.25, -0.2) is 0 Å². The van der Waals surface area contributed by atoms with Crippen LogP contribution in [-0.2, 0) is 16.1 Å². The van der Waals surface area contributed by atoms with E-state index in [1.165, 1.54) is 14.2 Å². The first-order valence-corrected chi connectivity index (χ1v) is 7.86. The molecular weight excluding hydrogens is 320 g/mol. The fourth-order valence-electron chi connectivity index (χ4n) is 2.32. The lowest BCUT2D eigenvalue weighted by Gasteiger charge is -2.12. The maximum atomic E-state index is 12.1. The average Bonchev–Trinajstić information content (AvgIpc) is 2.60. The first kappa shape index (κ1) is 18.3. The van der Waals surface area contributed by atoms with Gasteiger partial charge in [-0.2, -0.15) is 0 Å². The molecule has 2 rings (SSSR count). The van der Waals surface area contributed by atoms with E-state index in [1.54, 1.807) is 18.2 Å². The Bertz CT molecular complexity index is 759. The largest absolute Gasteiger partial charge is 0.497 e. The number of carbonyl (C=O) groups is 2. The summed E-state index contributed by atoms with van der Waals surface area (Å²) in [7, 11) is 3.04. The van der Waals surface area contributed by atoms with Crippen LogP contribution in [0.2, 0.25) is 0 Å². The zero-order valence-corrected chi connectivity index (χ0v) is 14.6. The van der Waals surface area contributed by atoms with Gasteiger partial charge in [0.2, 0.25) is 11.8 Å². The molecule has 0 saturated carbocycles. The van der Waals surface area contributed by atoms with Gasteiger partial charge in [-0.1, -0.05) is 24.3 Å². The summed E-state index contributed by atoms with van der Waals surface area (Å²) in [5.74, 6) is 0.311. The molecule has 0 atom stereocenters. The molecule has 25 heavy (non-hydrogen) atoms. The maximum Gasteiger partial charge on any atom is 0.233 e. The summed E-state index contributed by atoms with van der Waals surface area (Å²) in [6.45, 7) is 2.37. The second-order valence-corrected chi connectivity index (χ2v) is 5.49. The van der Waals surface area contributed by atoms with Crippen molar-refractivity contribution in [1.29, 1.82) is 0 Å². The van der Waals surface area contributed by atoms with E-state index in [0.717, 1.165) is 11.1 Å². The normalized spacial score (nSPS) is 10.0. The number of carbonyl (C=O) groups excluding carboxylic acids is 2. The third kappa shape index (κ3) is 5.24. The molecule has 6 nitrogen and oxygen atoms in total. The monoisotopic (exact) mass is 342 g/mol. The van der Waals surface area contributed by atoms with Crippen LogP contribution in [0, 0.1) is 6.92 Å². The van der Waals surface area contributed by atoms with Crippen LogP contribution < -0.4 is 20.1 Å². The maximum absolute atomic E-state index is 12.1. The Morgan fingerprint density at radius 1 is 1.00 bits per heavy atom. The van der Waals surface area contributed by atoms with Crippen LogP contribution in [0.1, 0.15) is 17.5 Å². The predicted molar refractivity (Wildman–Crippen MR) is 95.8 cm³/mol. The highest BCUT2D eigenvalue weighted by Gasteiger charge is 2.13. The highest BCUT2D eigenvalue weighted by Crippen LogP contribution is 2.28. The van der Waals surface area contributed by atoms with E-state index in [0.29, 0.717) is 23.7 Å². The SMILES string of the molecule is COc1ccc(OC)c(NC(=O)CC(=O)NCc2ccccc2C)c1. The van der Waals surface area contributed by atoms with Gasteiger partial charge in [-0.05, 0) is 30.2 Å². The summed E-state index contributed by atoms with van der Waals surface area (Å²) >= 11 is 0. The molecule has 0 aliphatic carbocycles. The Labute approximate surface area is 147 Å². The first-order chi connectivity index (χ1) is 12.0. The summed E-state index contributed by atoms with van der Waals surface area (Å²) < 4.78 is 10.3. The minimum Gasteiger partial charge on any atom is -0.497 e. The van der Waals surface area contributed by atoms with Crippen LogP contribution in [0.15, 0.2) is 42.5 Å². The van der Waals surface area contributed by atoms with Crippen LogP contribution in [0.5, 0.6) is 11.5 Å². The second kappa shape index (κ2) is 8.73. The fourth-order valence-corrected chi connectivity index (χ4v) is 2.32. The Morgan fingerprint density at radius 3 is 2.44 bits per heavy atom. The van der Waals surface area contributed by atoms with Gasteiger partial charge < -0.3 is 20.1 Å². The van der Waals surface area contributed by atoms with Crippen molar-refractivity contribution in [1.82, 2.24) is 5.32 Å². The Morgan fingerprint density at radius 2 is 1.76 bits per heavy atom. The summed E-state index contributed by atoms with van der Waals surface area (Å²) in [4.78, 5) is 24.1. The Kier molecular flexibility index (Phi) is 6.39. The smallest absolute Gasteiger partial charge is 0.233 e. The lowest BCUT2D eigenvalue weighted by atomic mass is 10.1. The van der Waals surface area contributed by atoms with Crippen molar-refractivity contribution < 1.29 is 19.1 Å². The zero-order chi connectivity index (χ0) is 18.2. The summed E-state index contributed by atoms with van der Waals surface area (Å²) in [5.41, 5.74) is 2.57. The van der Waals surface area contributed by atoms with Gasteiger partial charge in [0.25, 0.3) is 0 Å². The molecule has 2 N–H and O–H groups in total. The molecule has 2 aromatic rings. The van der Waals surface area contributed by atoms with E-state index in [1.807, 2.05) is 31.2 Å². The number of rotatable bonds is 7. The van der Waals surface area contributed by atoms with E-state index >= 15 is 0 Å². The summed E-state index contributed by atoms with van der Waals surface area (Å²) in [6, 6.07) is 12.8. The van der Waals surface area contributed by atoms with E-state index in [9.17, 15) is 9.59 Å². The highest BCUT2D eigenvalue weighted by atomic mass is 16.5. The molecule has 0 fully saturated rings. The summed E-state index contributed by atoms with van der Waals surface area (Å²) in [5, 5.41) is 5.42. The molecule has 2 aromatic carbocycles. The van der Waals surface area contributed by atoms with Gasteiger partial charge in [-0.15, -0.1) is 0 Å². The van der Waals surface area contributed by atoms with Gasteiger partial charge in [-0.3, -0.25) is 9.59 Å². The number of benzene rings is 2. The van der Waals surface area contributed by atoms with E-state index in [2.05, 4.69) is 10.6 Å². The van der Waals surface area contributed by atoms with Gasteiger partial charge in [0, 0.05) is 12.6 Å². The number of aryl methyl sites for hydroxylation is 1. The minimum absolute atomic E-state index is 0.272. The van der Waals surface area contributed by atoms with Gasteiger partial charge in [0.05, 0.1) is 19.9 Å². The lowest BCUT2D eigenvalue weighted by Crippen LogP contribution is -2.28. The van der Waals surface area contributed by atoms with Crippen LogP contribution in [0.3, 0.4) is 0 Å². The first-order valence-electron chi connectivity index (χ1n) is 7.86. The summed E-state index contributed by atoms with van der Waals surface area (Å²) in [6.07, 6.45) is -0.272. The Balaban J connectivity index is 1.91. The van der Waals surface area contributed by atoms with Crippen molar-refractivity contribution in [2.45, 2.75) is 19.9 Å². The molecule has 2 amide bonds. The lowest BCUT2D eigenvalue weighted by molar-refractivity contribution is -0.126. The average molecular weight is 342 g/mol. The van der Waals surface area contributed by atoms with E-state index in [4.69, 9.17) is 9.47 Å². The van der Waals surface area contributed by atoms with E-state index in [-0.39, 0.29) is 12.3 Å². The third-order valence-electron chi connectivity index (χ3n) is 3.74. The van der Waals surface area contributed by atoms with Crippen molar-refractivity contribution in [2.24, 2.45) is 0 Å². The minimum atomic E-state index is -0.422. The molecular formula is C19H22N2O4. The van der Waals surface area contributed by atoms with Crippen molar-refractivity contribution in [2.75, 3.05) is 19.5 Å². The number of amides is 2. The second-order valence-electron chi connectivity index (χ2n) is 5.49. The number of hydrogen-bond donors (Lipinski definition) is 2. The van der Waals surface area contributed by atoms with Gasteiger partial charge in [0.15, 0.2) is 0 Å². The zero-order valence-electron chi connectivity index (χ0n) is 14.6. The molecule has 132 valence electrons. The molecule has 0 unspecified atom stereocenters. The number of hydrogen-bond acceptors (Lipinski definition) is 4. The highest BCUT2D eigenvalue weighted by molar-refractivity contribution is 6.04. The molecule has 0 bridgehead atoms. The van der Waals surface area contributed by atoms with Crippen molar-refractivity contribution in [3.63, 3.8) is 0 Å². The van der Waals surface area contributed by atoms with Crippen LogP contribution in [-0.4, -0.2) is 26.0 Å². The Hall–Kier alpha value is -3.02. The quantitative estimate of drug-likeness (QED) is 0.759. The van der Waals surface area contributed by atoms with Crippen LogP contribution >= 0.6 is 0 Å². The van der Waals surface area contributed by atoms with E-state index < -0.39 is 5.91 Å². The fraction of sp³-hybridized carbons (Fsp3) is 0.263. The third-order valence-corrected chi connectivity index (χ3v) is 3.74. The number of anilines is 1. The number of methoxy groups -OCH3 is 2. The van der Waals surface area contributed by atoms with Crippen molar-refractivity contribution in [3.05, 3.63) is 53.6 Å². The molecule has 0 heterocycles. The van der Waals surface area contributed by atoms with Gasteiger partial charge >= 0.3 is 0 Å². The molecule has 0 aromatic heterocycles. The van der Waals surface area contributed by atoms with Crippen molar-refractivity contribution >= 4 is 17.5 Å². The molecule has 0 radical (unpaired) electrons. The molecule has 0 spiro atoms. The predicted octanol–water partition coefficient (Wildman–Crippen LogP) is 2.66. The number of nitrogens with one attached hydrogen (secondary N) is 2. The van der Waals surface area contributed by atoms with Gasteiger partial charge in [0.1, 0.15) is 17.9 Å². The molecule has 0 saturated heterocycles. The van der Waals surface area contributed by atoms with Crippen LogP contribution in [0.4, 0.5) is 5.69 Å². The van der Waals surface area contributed by atoms with Crippen LogP contribution in [0.25, 0.3) is 0 Å². The molecule has 0 aliphatic heterocycles. The standard InChI is InChI=1S/C19H22N2O4/c1-13-6-4-5-7-14(13)12-20-18(22)11-19(23)21-16-10-15(24-2)8-9-17(16)25-3/h4-10H,11-12H2,1-3H3,(H,20,22)(H,21,23). The van der Waals surface area contributed by atoms with Crippen molar-refractivity contribution in [3.8, 4) is 11.5 Å².